The van der Waals surface area contributed by atoms with Crippen molar-refractivity contribution in [1.29, 1.82) is 0 Å². The Hall–Kier alpha value is -5.04. The molecule has 0 saturated carbocycles. The quantitative estimate of drug-likeness (QED) is 0.230. The molecule has 0 atom stereocenters. The summed E-state index contributed by atoms with van der Waals surface area (Å²) in [6, 6.07) is 29.2. The van der Waals surface area contributed by atoms with Crippen molar-refractivity contribution in [3.8, 4) is 22.9 Å². The first-order chi connectivity index (χ1) is 18.5. The highest BCUT2D eigenvalue weighted by Crippen LogP contribution is 2.30. The number of rotatable bonds is 8. The lowest BCUT2D eigenvalue weighted by Gasteiger charge is -2.14. The molecular weight excluding hydrogens is 476 g/mol. The van der Waals surface area contributed by atoms with Crippen LogP contribution in [0.1, 0.15) is 57.2 Å². The molecule has 7 heteroatoms. The van der Waals surface area contributed by atoms with E-state index >= 15 is 0 Å². The maximum atomic E-state index is 13.5. The monoisotopic (exact) mass is 500 g/mol. The third-order valence-electron chi connectivity index (χ3n) is 6.14. The van der Waals surface area contributed by atoms with Gasteiger partial charge in [0, 0.05) is 22.3 Å². The number of hydrogen-bond donors (Lipinski definition) is 0. The summed E-state index contributed by atoms with van der Waals surface area (Å²) in [6.07, 6.45) is 1.21. The first kappa shape index (κ1) is 24.6. The van der Waals surface area contributed by atoms with Crippen LogP contribution in [0.2, 0.25) is 0 Å². The SMILES string of the molecule is CC(C)c1ccc(-c2cccc(C(=O)c3ccc(Oc4nncnn4)cc3)c2)c(C(=O)c2ccccc2)c1. The molecule has 4 aromatic carbocycles. The Bertz CT molecular complexity index is 1590. The topological polar surface area (TPSA) is 94.9 Å². The average Bonchev–Trinajstić information content (AvgIpc) is 2.97. The van der Waals surface area contributed by atoms with Gasteiger partial charge < -0.3 is 4.74 Å². The first-order valence-corrected chi connectivity index (χ1v) is 12.2. The van der Waals surface area contributed by atoms with Gasteiger partial charge in [-0.1, -0.05) is 84.7 Å². The highest BCUT2D eigenvalue weighted by atomic mass is 16.5. The normalized spacial score (nSPS) is 10.8. The maximum Gasteiger partial charge on any atom is 0.360 e. The van der Waals surface area contributed by atoms with Crippen molar-refractivity contribution in [3.63, 3.8) is 0 Å². The van der Waals surface area contributed by atoms with Gasteiger partial charge in [0.05, 0.1) is 0 Å². The molecule has 0 unspecified atom stereocenters. The molecule has 1 aromatic heterocycles. The van der Waals surface area contributed by atoms with E-state index in [-0.39, 0.29) is 23.5 Å². The number of ether oxygens (including phenoxy) is 1. The van der Waals surface area contributed by atoms with E-state index in [1.807, 2.05) is 66.7 Å². The van der Waals surface area contributed by atoms with Crippen LogP contribution < -0.4 is 4.74 Å². The molecule has 0 radical (unpaired) electrons. The number of aromatic nitrogens is 4. The Labute approximate surface area is 220 Å². The Balaban J connectivity index is 1.46. The van der Waals surface area contributed by atoms with Crippen molar-refractivity contribution < 1.29 is 14.3 Å². The minimum Gasteiger partial charge on any atom is -0.422 e. The molecule has 0 aliphatic carbocycles. The second-order valence-electron chi connectivity index (χ2n) is 9.02. The Morgan fingerprint density at radius 3 is 2.08 bits per heavy atom. The van der Waals surface area contributed by atoms with Crippen LogP contribution in [0, 0.1) is 0 Å². The summed E-state index contributed by atoms with van der Waals surface area (Å²) >= 11 is 0. The van der Waals surface area contributed by atoms with Crippen molar-refractivity contribution >= 4 is 11.6 Å². The van der Waals surface area contributed by atoms with E-state index in [0.29, 0.717) is 28.0 Å². The second kappa shape index (κ2) is 10.9. The predicted molar refractivity (Wildman–Crippen MR) is 143 cm³/mol. The van der Waals surface area contributed by atoms with Gasteiger partial charge in [0.25, 0.3) is 0 Å². The van der Waals surface area contributed by atoms with Gasteiger partial charge in [0.15, 0.2) is 17.9 Å². The molecule has 5 rings (SSSR count). The predicted octanol–water partition coefficient (Wildman–Crippen LogP) is 6.31. The summed E-state index contributed by atoms with van der Waals surface area (Å²) in [5.74, 6) is 0.530. The lowest BCUT2D eigenvalue weighted by molar-refractivity contribution is 0.103. The summed E-state index contributed by atoms with van der Waals surface area (Å²) in [7, 11) is 0. The van der Waals surface area contributed by atoms with Gasteiger partial charge in [-0.3, -0.25) is 9.59 Å². The minimum absolute atomic E-state index is 0.0172. The van der Waals surface area contributed by atoms with E-state index in [4.69, 9.17) is 4.74 Å². The number of benzene rings is 4. The fourth-order valence-corrected chi connectivity index (χ4v) is 4.11. The lowest BCUT2D eigenvalue weighted by Crippen LogP contribution is -2.06. The van der Waals surface area contributed by atoms with Crippen molar-refractivity contribution in [2.45, 2.75) is 19.8 Å². The van der Waals surface area contributed by atoms with Crippen molar-refractivity contribution in [2.24, 2.45) is 0 Å². The van der Waals surface area contributed by atoms with Crippen LogP contribution >= 0.6 is 0 Å². The maximum absolute atomic E-state index is 13.5. The summed E-state index contributed by atoms with van der Waals surface area (Å²) in [4.78, 5) is 26.9. The van der Waals surface area contributed by atoms with Crippen LogP contribution in [0.15, 0.2) is 103 Å². The van der Waals surface area contributed by atoms with Gasteiger partial charge in [-0.2, -0.15) is 0 Å². The third-order valence-corrected chi connectivity index (χ3v) is 6.14. The molecular formula is C31H24N4O3. The molecule has 0 aliphatic heterocycles. The van der Waals surface area contributed by atoms with E-state index in [9.17, 15) is 9.59 Å². The molecule has 0 spiro atoms. The standard InChI is InChI=1S/C31H24N4O3/c1-20(2)23-13-16-27(28(18-23)30(37)21-7-4-3-5-8-21)24-9-6-10-25(17-24)29(36)22-11-14-26(15-12-22)38-31-34-32-19-33-35-31/h3-20H,1-2H3. The number of ketones is 2. The fourth-order valence-electron chi connectivity index (χ4n) is 4.11. The van der Waals surface area contributed by atoms with Crippen LogP contribution in [-0.4, -0.2) is 32.0 Å². The molecule has 38 heavy (non-hydrogen) atoms. The van der Waals surface area contributed by atoms with E-state index in [0.717, 1.165) is 16.7 Å². The van der Waals surface area contributed by atoms with E-state index in [1.165, 1.54) is 6.33 Å². The highest BCUT2D eigenvalue weighted by molar-refractivity contribution is 6.14. The molecule has 0 amide bonds. The molecule has 186 valence electrons. The molecule has 0 fully saturated rings. The third kappa shape index (κ3) is 5.37. The largest absolute Gasteiger partial charge is 0.422 e. The number of hydrogen-bond acceptors (Lipinski definition) is 7. The van der Waals surface area contributed by atoms with Gasteiger partial charge in [-0.15, -0.1) is 10.2 Å². The molecule has 0 aliphatic rings. The highest BCUT2D eigenvalue weighted by Gasteiger charge is 2.18. The van der Waals surface area contributed by atoms with Gasteiger partial charge >= 0.3 is 6.01 Å². The molecule has 1 heterocycles. The van der Waals surface area contributed by atoms with Crippen LogP contribution in [0.3, 0.4) is 0 Å². The van der Waals surface area contributed by atoms with Crippen LogP contribution in [0.4, 0.5) is 0 Å². The van der Waals surface area contributed by atoms with Crippen molar-refractivity contribution in [2.75, 3.05) is 0 Å². The zero-order valence-electron chi connectivity index (χ0n) is 20.9. The zero-order valence-corrected chi connectivity index (χ0v) is 20.9. The van der Waals surface area contributed by atoms with Crippen LogP contribution in [0.25, 0.3) is 11.1 Å². The van der Waals surface area contributed by atoms with Crippen molar-refractivity contribution in [3.05, 3.63) is 131 Å². The number of nitrogens with zero attached hydrogens (tertiary/aromatic N) is 4. The summed E-state index contributed by atoms with van der Waals surface area (Å²) < 4.78 is 5.50. The molecule has 7 nitrogen and oxygen atoms in total. The van der Waals surface area contributed by atoms with Crippen LogP contribution in [0.5, 0.6) is 11.8 Å². The number of carbonyl (C=O) groups excluding carboxylic acids is 2. The Morgan fingerprint density at radius 2 is 1.37 bits per heavy atom. The summed E-state index contributed by atoms with van der Waals surface area (Å²) in [5.41, 5.74) is 4.91. The molecule has 0 N–H and O–H groups in total. The summed E-state index contributed by atoms with van der Waals surface area (Å²) in [6.45, 7) is 4.20. The molecule has 0 saturated heterocycles. The molecule has 5 aromatic rings. The fraction of sp³-hybridized carbons (Fsp3) is 0.0968. The van der Waals surface area contributed by atoms with Gasteiger partial charge in [-0.25, -0.2) is 0 Å². The Kier molecular flexibility index (Phi) is 7.08. The van der Waals surface area contributed by atoms with Gasteiger partial charge in [0.2, 0.25) is 0 Å². The number of carbonyl (C=O) groups is 2. The first-order valence-electron chi connectivity index (χ1n) is 12.2. The van der Waals surface area contributed by atoms with Gasteiger partial charge in [0.1, 0.15) is 5.75 Å². The zero-order chi connectivity index (χ0) is 26.5. The Morgan fingerprint density at radius 1 is 0.684 bits per heavy atom. The lowest BCUT2D eigenvalue weighted by atomic mass is 9.89. The average molecular weight is 501 g/mol. The van der Waals surface area contributed by atoms with Gasteiger partial charge in [-0.05, 0) is 59.0 Å². The van der Waals surface area contributed by atoms with E-state index < -0.39 is 0 Å². The van der Waals surface area contributed by atoms with Crippen molar-refractivity contribution in [1.82, 2.24) is 20.4 Å². The van der Waals surface area contributed by atoms with E-state index in [1.54, 1.807) is 30.3 Å². The smallest absolute Gasteiger partial charge is 0.360 e. The minimum atomic E-state index is -0.146. The molecule has 0 bridgehead atoms. The second-order valence-corrected chi connectivity index (χ2v) is 9.02. The van der Waals surface area contributed by atoms with Crippen LogP contribution in [-0.2, 0) is 0 Å². The van der Waals surface area contributed by atoms with E-state index in [2.05, 4.69) is 34.2 Å². The summed E-state index contributed by atoms with van der Waals surface area (Å²) in [5, 5.41) is 14.7.